The van der Waals surface area contributed by atoms with Crippen molar-refractivity contribution in [2.75, 3.05) is 19.8 Å². The average molecular weight is 348 g/mol. The third kappa shape index (κ3) is 6.71. The molecule has 0 amide bonds. The van der Waals surface area contributed by atoms with Crippen LogP contribution in [0, 0.1) is 13.8 Å². The topological polar surface area (TPSA) is 95.5 Å². The molecule has 0 spiro atoms. The van der Waals surface area contributed by atoms with E-state index < -0.39 is 15.6 Å². The molecule has 1 rings (SSSR count). The number of aliphatic imine (C=N–C) groups is 1. The molecular formula is C13H25N5O2S2. The van der Waals surface area contributed by atoms with E-state index in [1.54, 1.807) is 18.4 Å². The van der Waals surface area contributed by atoms with Gasteiger partial charge in [0.25, 0.3) is 0 Å². The molecule has 0 aliphatic carbocycles. The van der Waals surface area contributed by atoms with E-state index in [9.17, 15) is 8.42 Å². The minimum Gasteiger partial charge on any atom is -0.355 e. The molecule has 0 bridgehead atoms. The van der Waals surface area contributed by atoms with Crippen LogP contribution in [0.1, 0.15) is 29.4 Å². The molecule has 1 aromatic heterocycles. The Morgan fingerprint density at radius 2 is 1.95 bits per heavy atom. The number of aryl methyl sites for hydroxylation is 2. The highest BCUT2D eigenvalue weighted by molar-refractivity contribution is 7.88. The van der Waals surface area contributed by atoms with Gasteiger partial charge in [-0.15, -0.1) is 11.3 Å². The van der Waals surface area contributed by atoms with Gasteiger partial charge in [0, 0.05) is 24.0 Å². The quantitative estimate of drug-likeness (QED) is 0.521. The molecule has 7 nitrogen and oxygen atoms in total. The third-order valence-electron chi connectivity index (χ3n) is 2.86. The number of nitrogens with one attached hydrogen (secondary N) is 3. The molecule has 0 saturated carbocycles. The lowest BCUT2D eigenvalue weighted by Gasteiger charge is -2.26. The summed E-state index contributed by atoms with van der Waals surface area (Å²) >= 11 is 1.65. The number of guanidine groups is 1. The van der Waals surface area contributed by atoms with E-state index in [1.165, 1.54) is 4.88 Å². The Balaban J connectivity index is 2.52. The number of nitrogens with zero attached hydrogens (tertiary/aromatic N) is 2. The second-order valence-corrected chi connectivity index (χ2v) is 8.82. The fraction of sp³-hybridized carbons (Fsp3) is 0.692. The highest BCUT2D eigenvalue weighted by Gasteiger charge is 2.22. The van der Waals surface area contributed by atoms with E-state index in [-0.39, 0.29) is 0 Å². The van der Waals surface area contributed by atoms with E-state index >= 15 is 0 Å². The van der Waals surface area contributed by atoms with Crippen LogP contribution in [-0.2, 0) is 16.6 Å². The first kappa shape index (κ1) is 18.9. The predicted molar refractivity (Wildman–Crippen MR) is 91.8 cm³/mol. The van der Waals surface area contributed by atoms with Crippen molar-refractivity contribution in [1.82, 2.24) is 20.3 Å². The minimum atomic E-state index is -3.25. The van der Waals surface area contributed by atoms with E-state index in [4.69, 9.17) is 0 Å². The molecule has 9 heteroatoms. The SMILES string of the molecule is CN=C(NCc1nc(C)c(C)s1)NCC(C)(C)NS(C)(=O)=O. The fourth-order valence-electron chi connectivity index (χ4n) is 1.84. The number of hydrogen-bond acceptors (Lipinski definition) is 5. The van der Waals surface area contributed by atoms with Crippen LogP contribution in [0.5, 0.6) is 0 Å². The Morgan fingerprint density at radius 1 is 1.32 bits per heavy atom. The Kier molecular flexibility index (Phi) is 6.33. The Bertz CT molecular complexity index is 615. The van der Waals surface area contributed by atoms with Gasteiger partial charge in [-0.25, -0.2) is 18.1 Å². The summed E-state index contributed by atoms with van der Waals surface area (Å²) in [4.78, 5) is 9.79. The van der Waals surface area contributed by atoms with Crippen molar-refractivity contribution >= 4 is 27.3 Å². The van der Waals surface area contributed by atoms with Gasteiger partial charge in [-0.3, -0.25) is 4.99 Å². The van der Waals surface area contributed by atoms with Crippen LogP contribution in [-0.4, -0.2) is 44.7 Å². The van der Waals surface area contributed by atoms with Crippen LogP contribution in [0.25, 0.3) is 0 Å². The highest BCUT2D eigenvalue weighted by Crippen LogP contribution is 2.15. The summed E-state index contributed by atoms with van der Waals surface area (Å²) in [6.45, 7) is 8.64. The van der Waals surface area contributed by atoms with Gasteiger partial charge in [0.05, 0.1) is 18.5 Å². The van der Waals surface area contributed by atoms with Crippen molar-refractivity contribution in [3.05, 3.63) is 15.6 Å². The molecule has 0 atom stereocenters. The van der Waals surface area contributed by atoms with Crippen LogP contribution < -0.4 is 15.4 Å². The smallest absolute Gasteiger partial charge is 0.209 e. The number of hydrogen-bond donors (Lipinski definition) is 3. The zero-order valence-electron chi connectivity index (χ0n) is 13.9. The highest BCUT2D eigenvalue weighted by atomic mass is 32.2. The van der Waals surface area contributed by atoms with Gasteiger partial charge in [0.1, 0.15) is 5.01 Å². The summed E-state index contributed by atoms with van der Waals surface area (Å²) in [5.74, 6) is 0.605. The Hall–Kier alpha value is -1.19. The molecule has 0 radical (unpaired) electrons. The number of sulfonamides is 1. The third-order valence-corrected chi connectivity index (χ3v) is 4.86. The van der Waals surface area contributed by atoms with Gasteiger partial charge in [0.15, 0.2) is 5.96 Å². The number of thiazole rings is 1. The molecule has 126 valence electrons. The van der Waals surface area contributed by atoms with Gasteiger partial charge in [-0.05, 0) is 27.7 Å². The Morgan fingerprint density at radius 3 is 2.41 bits per heavy atom. The summed E-state index contributed by atoms with van der Waals surface area (Å²) < 4.78 is 25.2. The normalized spacial score (nSPS) is 13.3. The zero-order chi connectivity index (χ0) is 17.0. The largest absolute Gasteiger partial charge is 0.355 e. The maximum absolute atomic E-state index is 11.3. The molecule has 0 aliphatic rings. The van der Waals surface area contributed by atoms with Gasteiger partial charge in [0.2, 0.25) is 10.0 Å². The first-order valence-electron chi connectivity index (χ1n) is 6.89. The lowest BCUT2D eigenvalue weighted by atomic mass is 10.1. The van der Waals surface area contributed by atoms with Gasteiger partial charge >= 0.3 is 0 Å². The summed E-state index contributed by atoms with van der Waals surface area (Å²) in [5, 5.41) is 7.28. The molecule has 1 heterocycles. The molecule has 0 unspecified atom stereocenters. The summed E-state index contributed by atoms with van der Waals surface area (Å²) in [7, 11) is -1.58. The monoisotopic (exact) mass is 347 g/mol. The van der Waals surface area contributed by atoms with Crippen LogP contribution >= 0.6 is 11.3 Å². The summed E-state index contributed by atoms with van der Waals surface area (Å²) in [6, 6.07) is 0. The zero-order valence-corrected chi connectivity index (χ0v) is 15.6. The first-order valence-corrected chi connectivity index (χ1v) is 9.59. The maximum atomic E-state index is 11.3. The predicted octanol–water partition coefficient (Wildman–Crippen LogP) is 0.753. The van der Waals surface area contributed by atoms with E-state index in [0.29, 0.717) is 19.0 Å². The van der Waals surface area contributed by atoms with Crippen LogP contribution in [0.15, 0.2) is 4.99 Å². The lowest BCUT2D eigenvalue weighted by molar-refractivity contribution is 0.446. The van der Waals surface area contributed by atoms with Crippen LogP contribution in [0.4, 0.5) is 0 Å². The lowest BCUT2D eigenvalue weighted by Crippen LogP contribution is -2.52. The second-order valence-electron chi connectivity index (χ2n) is 5.79. The summed E-state index contributed by atoms with van der Waals surface area (Å²) in [6.07, 6.45) is 1.15. The molecule has 0 aliphatic heterocycles. The van der Waals surface area contributed by atoms with Crippen molar-refractivity contribution in [3.8, 4) is 0 Å². The molecule has 3 N–H and O–H groups in total. The molecular weight excluding hydrogens is 322 g/mol. The molecule has 0 fully saturated rings. The van der Waals surface area contributed by atoms with Crippen molar-refractivity contribution in [1.29, 1.82) is 0 Å². The molecule has 1 aromatic rings. The standard InChI is InChI=1S/C13H25N5O2S2/c1-9-10(2)21-11(17-9)7-15-12(14-5)16-8-13(3,4)18-22(6,19)20/h18H,7-8H2,1-6H3,(H2,14,15,16). The maximum Gasteiger partial charge on any atom is 0.209 e. The van der Waals surface area contributed by atoms with Gasteiger partial charge in [-0.1, -0.05) is 0 Å². The first-order chi connectivity index (χ1) is 10.0. The molecule has 22 heavy (non-hydrogen) atoms. The summed E-state index contributed by atoms with van der Waals surface area (Å²) in [5.41, 5.74) is 0.433. The van der Waals surface area contributed by atoms with Crippen molar-refractivity contribution < 1.29 is 8.42 Å². The van der Waals surface area contributed by atoms with Crippen molar-refractivity contribution in [2.24, 2.45) is 4.99 Å². The van der Waals surface area contributed by atoms with E-state index in [1.807, 2.05) is 27.7 Å². The van der Waals surface area contributed by atoms with Gasteiger partial charge in [-0.2, -0.15) is 0 Å². The van der Waals surface area contributed by atoms with Crippen molar-refractivity contribution in [2.45, 2.75) is 39.8 Å². The van der Waals surface area contributed by atoms with E-state index in [0.717, 1.165) is 17.0 Å². The molecule has 0 aromatic carbocycles. The minimum absolute atomic E-state index is 0.412. The second kappa shape index (κ2) is 7.38. The van der Waals surface area contributed by atoms with E-state index in [2.05, 4.69) is 25.3 Å². The van der Waals surface area contributed by atoms with Crippen LogP contribution in [0.2, 0.25) is 0 Å². The Labute approximate surface area is 136 Å². The van der Waals surface area contributed by atoms with Gasteiger partial charge < -0.3 is 10.6 Å². The van der Waals surface area contributed by atoms with Crippen LogP contribution in [0.3, 0.4) is 0 Å². The van der Waals surface area contributed by atoms with Crippen molar-refractivity contribution in [3.63, 3.8) is 0 Å². The number of rotatable bonds is 6. The fourth-order valence-corrected chi connectivity index (χ4v) is 3.79. The average Bonchev–Trinajstić information content (AvgIpc) is 2.66. The molecule has 0 saturated heterocycles. The number of aromatic nitrogens is 1.